The first-order chi connectivity index (χ1) is 7.73. The van der Waals surface area contributed by atoms with Crippen LogP contribution in [0.25, 0.3) is 0 Å². The van der Waals surface area contributed by atoms with Gasteiger partial charge in [-0.25, -0.2) is 8.42 Å². The fourth-order valence-corrected chi connectivity index (χ4v) is 3.04. The van der Waals surface area contributed by atoms with Crippen molar-refractivity contribution in [1.82, 2.24) is 4.31 Å². The molecule has 1 saturated heterocycles. The number of sulfonamides is 1. The molecule has 2 rings (SSSR count). The van der Waals surface area contributed by atoms with Crippen molar-refractivity contribution in [2.45, 2.75) is 24.0 Å². The fourth-order valence-electron chi connectivity index (χ4n) is 1.50. The van der Waals surface area contributed by atoms with E-state index in [0.29, 0.717) is 4.31 Å². The van der Waals surface area contributed by atoms with Crippen molar-refractivity contribution >= 4 is 10.0 Å². The lowest BCUT2D eigenvalue weighted by Gasteiger charge is -2.08. The molecule has 17 heavy (non-hydrogen) atoms. The van der Waals surface area contributed by atoms with Gasteiger partial charge in [-0.2, -0.15) is 17.5 Å². The minimum Gasteiger partial charge on any atom is -0.207 e. The number of halogens is 3. The highest BCUT2D eigenvalue weighted by molar-refractivity contribution is 7.89. The molecule has 7 heteroatoms. The molecular weight excluding hydrogens is 255 g/mol. The largest absolute Gasteiger partial charge is 0.406 e. The van der Waals surface area contributed by atoms with E-state index in [2.05, 4.69) is 0 Å². The van der Waals surface area contributed by atoms with Crippen LogP contribution in [0.1, 0.15) is 5.56 Å². The summed E-state index contributed by atoms with van der Waals surface area (Å²) in [6.45, 7) is 1.28. The number of hydrogen-bond acceptors (Lipinski definition) is 2. The molecule has 0 bridgehead atoms. The highest BCUT2D eigenvalue weighted by Gasteiger charge is 2.59. The van der Waals surface area contributed by atoms with E-state index >= 15 is 0 Å². The van der Waals surface area contributed by atoms with E-state index in [1.807, 2.05) is 0 Å². The van der Waals surface area contributed by atoms with E-state index in [4.69, 9.17) is 0 Å². The van der Waals surface area contributed by atoms with Crippen LogP contribution in [-0.4, -0.2) is 31.5 Å². The van der Waals surface area contributed by atoms with Gasteiger partial charge in [0, 0.05) is 6.54 Å². The Balaban J connectivity index is 2.25. The number of hydrogen-bond donors (Lipinski definition) is 0. The van der Waals surface area contributed by atoms with Crippen molar-refractivity contribution in [1.29, 1.82) is 0 Å². The van der Waals surface area contributed by atoms with Crippen LogP contribution in [0, 0.1) is 6.92 Å². The Labute approximate surface area is 96.9 Å². The Hall–Kier alpha value is -1.08. The lowest BCUT2D eigenvalue weighted by Crippen LogP contribution is -2.24. The Kier molecular flexibility index (Phi) is 2.70. The molecule has 1 aliphatic rings. The van der Waals surface area contributed by atoms with E-state index in [0.717, 1.165) is 5.56 Å². The summed E-state index contributed by atoms with van der Waals surface area (Å²) >= 11 is 0. The van der Waals surface area contributed by atoms with Gasteiger partial charge in [0.15, 0.2) is 0 Å². The van der Waals surface area contributed by atoms with Gasteiger partial charge in [0.1, 0.15) is 6.04 Å². The van der Waals surface area contributed by atoms with E-state index in [9.17, 15) is 21.6 Å². The van der Waals surface area contributed by atoms with Crippen molar-refractivity contribution in [2.75, 3.05) is 6.54 Å². The summed E-state index contributed by atoms with van der Waals surface area (Å²) in [4.78, 5) is -0.102. The Bertz CT molecular complexity index is 521. The van der Waals surface area contributed by atoms with E-state index in [1.54, 1.807) is 19.1 Å². The molecule has 0 spiro atoms. The summed E-state index contributed by atoms with van der Waals surface area (Å²) in [5.41, 5.74) is 0.849. The lowest BCUT2D eigenvalue weighted by atomic mass is 10.2. The van der Waals surface area contributed by atoms with Crippen LogP contribution in [-0.2, 0) is 10.0 Å². The summed E-state index contributed by atoms with van der Waals surface area (Å²) in [5, 5.41) is 0. The highest BCUT2D eigenvalue weighted by atomic mass is 32.2. The fraction of sp³-hybridized carbons (Fsp3) is 0.400. The molecule has 94 valence electrons. The zero-order chi connectivity index (χ0) is 12.8. The average molecular weight is 265 g/mol. The second-order valence-corrected chi connectivity index (χ2v) is 5.84. The van der Waals surface area contributed by atoms with Crippen molar-refractivity contribution in [3.8, 4) is 0 Å². The van der Waals surface area contributed by atoms with Crippen LogP contribution in [0.15, 0.2) is 29.2 Å². The molecule has 2 unspecified atom stereocenters. The normalized spacial score (nSPS) is 24.7. The quantitative estimate of drug-likeness (QED) is 0.766. The third-order valence-corrected chi connectivity index (χ3v) is 4.46. The number of rotatable bonds is 2. The molecular formula is C10H10F3NO2S. The molecule has 1 aromatic carbocycles. The Morgan fingerprint density at radius 3 is 2.18 bits per heavy atom. The van der Waals surface area contributed by atoms with Gasteiger partial charge >= 0.3 is 6.18 Å². The van der Waals surface area contributed by atoms with Crippen molar-refractivity contribution in [2.24, 2.45) is 0 Å². The number of benzene rings is 1. The van der Waals surface area contributed by atoms with Crippen molar-refractivity contribution in [3.05, 3.63) is 29.8 Å². The highest BCUT2D eigenvalue weighted by Crippen LogP contribution is 2.39. The third kappa shape index (κ3) is 2.30. The predicted octanol–water partition coefficient (Wildman–Crippen LogP) is 1.93. The number of aryl methyl sites for hydroxylation is 1. The first-order valence-electron chi connectivity index (χ1n) is 4.88. The van der Waals surface area contributed by atoms with Crippen LogP contribution in [0.5, 0.6) is 0 Å². The minimum absolute atomic E-state index is 0.102. The van der Waals surface area contributed by atoms with E-state index in [1.165, 1.54) is 12.1 Å². The summed E-state index contributed by atoms with van der Waals surface area (Å²) in [5.74, 6) is 0. The van der Waals surface area contributed by atoms with Gasteiger partial charge < -0.3 is 0 Å². The zero-order valence-corrected chi connectivity index (χ0v) is 9.72. The first-order valence-corrected chi connectivity index (χ1v) is 6.32. The molecule has 1 heterocycles. The molecule has 1 aromatic rings. The molecule has 2 atom stereocenters. The lowest BCUT2D eigenvalue weighted by molar-refractivity contribution is -0.132. The number of nitrogens with zero attached hydrogens (tertiary/aromatic N) is 1. The predicted molar refractivity (Wildman–Crippen MR) is 54.9 cm³/mol. The summed E-state index contributed by atoms with van der Waals surface area (Å²) in [6, 6.07) is 3.87. The van der Waals surface area contributed by atoms with Gasteiger partial charge in [-0.05, 0) is 19.1 Å². The summed E-state index contributed by atoms with van der Waals surface area (Å²) in [6.07, 6.45) is -4.49. The van der Waals surface area contributed by atoms with Crippen molar-refractivity contribution in [3.63, 3.8) is 0 Å². The molecule has 0 saturated carbocycles. The molecule has 0 radical (unpaired) electrons. The number of alkyl halides is 3. The molecule has 0 aromatic heterocycles. The van der Waals surface area contributed by atoms with Gasteiger partial charge in [-0.15, -0.1) is 0 Å². The summed E-state index contributed by atoms with van der Waals surface area (Å²) in [7, 11) is -4.00. The Morgan fingerprint density at radius 1 is 1.24 bits per heavy atom. The topological polar surface area (TPSA) is 37.1 Å². The first kappa shape index (κ1) is 12.4. The summed E-state index contributed by atoms with van der Waals surface area (Å²) < 4.78 is 60.9. The standard InChI is InChI=1S/C10H10F3NO2S/c1-7-2-4-8(5-3-7)17(15,16)14-6-9(14)10(11,12)13/h2-5,9H,6H2,1H3. The van der Waals surface area contributed by atoms with E-state index < -0.39 is 28.8 Å². The van der Waals surface area contributed by atoms with Crippen LogP contribution in [0.3, 0.4) is 0 Å². The minimum atomic E-state index is -4.49. The third-order valence-electron chi connectivity index (χ3n) is 2.57. The van der Waals surface area contributed by atoms with Crippen molar-refractivity contribution < 1.29 is 21.6 Å². The molecule has 3 nitrogen and oxygen atoms in total. The molecule has 0 N–H and O–H groups in total. The van der Waals surface area contributed by atoms with Crippen LogP contribution in [0.4, 0.5) is 13.2 Å². The smallest absolute Gasteiger partial charge is 0.207 e. The van der Waals surface area contributed by atoms with Gasteiger partial charge in [0.25, 0.3) is 0 Å². The maximum atomic E-state index is 12.3. The van der Waals surface area contributed by atoms with Crippen LogP contribution >= 0.6 is 0 Å². The van der Waals surface area contributed by atoms with Gasteiger partial charge in [0.05, 0.1) is 4.90 Å². The maximum absolute atomic E-state index is 12.3. The second kappa shape index (κ2) is 3.71. The molecule has 1 aliphatic heterocycles. The molecule has 0 aliphatic carbocycles. The van der Waals surface area contributed by atoms with Crippen LogP contribution < -0.4 is 0 Å². The maximum Gasteiger partial charge on any atom is 0.406 e. The second-order valence-electron chi connectivity index (χ2n) is 3.95. The SMILES string of the molecule is Cc1ccc(S(=O)(=O)N2CC2C(F)(F)F)cc1. The van der Waals surface area contributed by atoms with Crippen LogP contribution in [0.2, 0.25) is 0 Å². The zero-order valence-electron chi connectivity index (χ0n) is 8.90. The molecule has 0 amide bonds. The van der Waals surface area contributed by atoms with E-state index in [-0.39, 0.29) is 4.90 Å². The molecule has 1 fully saturated rings. The Morgan fingerprint density at radius 2 is 1.76 bits per heavy atom. The van der Waals surface area contributed by atoms with Gasteiger partial charge in [0.2, 0.25) is 10.0 Å². The monoisotopic (exact) mass is 265 g/mol. The average Bonchev–Trinajstić information content (AvgIpc) is 2.96. The van der Waals surface area contributed by atoms with Gasteiger partial charge in [-0.1, -0.05) is 17.7 Å². The van der Waals surface area contributed by atoms with Gasteiger partial charge in [-0.3, -0.25) is 0 Å².